The number of aldehydes is 1. The first-order valence-corrected chi connectivity index (χ1v) is 4.93. The van der Waals surface area contributed by atoms with Crippen LogP contribution in [0.5, 0.6) is 0 Å². The second-order valence-electron chi connectivity index (χ2n) is 4.19. The predicted molar refractivity (Wildman–Crippen MR) is 48.8 cm³/mol. The van der Waals surface area contributed by atoms with Gasteiger partial charge in [-0.15, -0.1) is 0 Å². The maximum atomic E-state index is 10.2. The fourth-order valence-electron chi connectivity index (χ4n) is 2.79. The molecule has 3 atom stereocenters. The molecule has 1 nitrogen and oxygen atoms in total. The summed E-state index contributed by atoms with van der Waals surface area (Å²) in [5, 5.41) is 0. The number of fused-ring (bicyclic) bond motifs is 1. The van der Waals surface area contributed by atoms with E-state index in [0.29, 0.717) is 0 Å². The number of allylic oxidation sites excluding steroid dienone is 2. The number of hydrogen-bond acceptors (Lipinski definition) is 1. The summed E-state index contributed by atoms with van der Waals surface area (Å²) in [5.74, 6) is 2.60. The van der Waals surface area contributed by atoms with Crippen LogP contribution in [0.2, 0.25) is 0 Å². The Morgan fingerprint density at radius 2 is 2.50 bits per heavy atom. The van der Waals surface area contributed by atoms with Gasteiger partial charge in [0.05, 0.1) is 0 Å². The van der Waals surface area contributed by atoms with Crippen LogP contribution in [-0.4, -0.2) is 6.29 Å². The minimum absolute atomic E-state index is 0.769. The SMILES string of the molecule is CC1=CCC2CC1C2CCC=O. The van der Waals surface area contributed by atoms with E-state index in [2.05, 4.69) is 13.0 Å². The molecule has 0 aromatic rings. The monoisotopic (exact) mass is 164 g/mol. The molecule has 0 heterocycles. The molecule has 0 amide bonds. The third-order valence-electron chi connectivity index (χ3n) is 3.62. The normalized spacial score (nSPS) is 38.4. The van der Waals surface area contributed by atoms with Gasteiger partial charge in [0, 0.05) is 6.42 Å². The maximum absolute atomic E-state index is 10.2. The van der Waals surface area contributed by atoms with E-state index in [4.69, 9.17) is 0 Å². The smallest absolute Gasteiger partial charge is 0.120 e. The molecule has 0 aromatic carbocycles. The van der Waals surface area contributed by atoms with Gasteiger partial charge in [-0.05, 0) is 43.9 Å². The average Bonchev–Trinajstić information content (AvgIpc) is 2.04. The van der Waals surface area contributed by atoms with Crippen LogP contribution in [0.3, 0.4) is 0 Å². The predicted octanol–water partition coefficient (Wildman–Crippen LogP) is 2.57. The lowest BCUT2D eigenvalue weighted by atomic mass is 9.56. The molecule has 0 saturated heterocycles. The molecule has 3 aliphatic carbocycles. The molecular weight excluding hydrogens is 148 g/mol. The zero-order valence-electron chi connectivity index (χ0n) is 7.62. The van der Waals surface area contributed by atoms with Crippen molar-refractivity contribution in [2.75, 3.05) is 0 Å². The summed E-state index contributed by atoms with van der Waals surface area (Å²) in [4.78, 5) is 10.2. The zero-order chi connectivity index (χ0) is 8.55. The van der Waals surface area contributed by atoms with Crippen molar-refractivity contribution in [1.29, 1.82) is 0 Å². The second kappa shape index (κ2) is 3.04. The fraction of sp³-hybridized carbons (Fsp3) is 0.727. The van der Waals surface area contributed by atoms with Crippen molar-refractivity contribution >= 4 is 6.29 Å². The maximum Gasteiger partial charge on any atom is 0.120 e. The van der Waals surface area contributed by atoms with E-state index in [9.17, 15) is 4.79 Å². The van der Waals surface area contributed by atoms with Crippen molar-refractivity contribution in [3.05, 3.63) is 11.6 Å². The van der Waals surface area contributed by atoms with Gasteiger partial charge < -0.3 is 4.79 Å². The molecule has 0 aromatic heterocycles. The molecular formula is C11H16O. The quantitative estimate of drug-likeness (QED) is 0.463. The van der Waals surface area contributed by atoms with E-state index in [1.54, 1.807) is 5.57 Å². The van der Waals surface area contributed by atoms with Crippen molar-refractivity contribution in [3.8, 4) is 0 Å². The van der Waals surface area contributed by atoms with E-state index in [-0.39, 0.29) is 0 Å². The number of carbonyl (C=O) groups excluding carboxylic acids is 1. The largest absolute Gasteiger partial charge is 0.303 e. The molecule has 1 saturated carbocycles. The molecule has 2 bridgehead atoms. The summed E-state index contributed by atoms with van der Waals surface area (Å²) >= 11 is 0. The third kappa shape index (κ3) is 1.12. The Hall–Kier alpha value is -0.590. The lowest BCUT2D eigenvalue weighted by Gasteiger charge is -2.49. The summed E-state index contributed by atoms with van der Waals surface area (Å²) in [5.41, 5.74) is 1.58. The Kier molecular flexibility index (Phi) is 2.03. The van der Waals surface area contributed by atoms with Gasteiger partial charge in [0.15, 0.2) is 0 Å². The Labute approximate surface area is 73.8 Å². The first kappa shape index (κ1) is 8.03. The van der Waals surface area contributed by atoms with Crippen LogP contribution in [0.4, 0.5) is 0 Å². The van der Waals surface area contributed by atoms with Gasteiger partial charge in [-0.25, -0.2) is 0 Å². The number of carbonyl (C=O) groups is 1. The van der Waals surface area contributed by atoms with Crippen LogP contribution in [0.15, 0.2) is 11.6 Å². The standard InChI is InChI=1S/C11H16O/c1-8-4-5-9-7-11(8)10(9)3-2-6-12/h4,6,9-11H,2-3,5,7H2,1H3. The lowest BCUT2D eigenvalue weighted by Crippen LogP contribution is -2.40. The van der Waals surface area contributed by atoms with Crippen molar-refractivity contribution in [1.82, 2.24) is 0 Å². The van der Waals surface area contributed by atoms with Crippen LogP contribution in [0, 0.1) is 17.8 Å². The molecule has 12 heavy (non-hydrogen) atoms. The van der Waals surface area contributed by atoms with Gasteiger partial charge in [-0.3, -0.25) is 0 Å². The van der Waals surface area contributed by atoms with Crippen LogP contribution < -0.4 is 0 Å². The summed E-state index contributed by atoms with van der Waals surface area (Å²) in [7, 11) is 0. The van der Waals surface area contributed by atoms with E-state index < -0.39 is 0 Å². The molecule has 0 spiro atoms. The van der Waals surface area contributed by atoms with Gasteiger partial charge in [0.2, 0.25) is 0 Å². The highest BCUT2D eigenvalue weighted by atomic mass is 16.1. The van der Waals surface area contributed by atoms with Crippen LogP contribution in [0.25, 0.3) is 0 Å². The Morgan fingerprint density at radius 3 is 3.08 bits per heavy atom. The highest BCUT2D eigenvalue weighted by molar-refractivity contribution is 5.49. The molecule has 1 heteroatoms. The van der Waals surface area contributed by atoms with Crippen molar-refractivity contribution in [2.24, 2.45) is 17.8 Å². The summed E-state index contributed by atoms with van der Waals surface area (Å²) in [6, 6.07) is 0. The molecule has 3 rings (SSSR count). The fourth-order valence-corrected chi connectivity index (χ4v) is 2.79. The zero-order valence-corrected chi connectivity index (χ0v) is 7.62. The molecule has 66 valence electrons. The highest BCUT2D eigenvalue weighted by Gasteiger charge is 2.42. The van der Waals surface area contributed by atoms with Gasteiger partial charge in [0.1, 0.15) is 6.29 Å². The molecule has 1 fully saturated rings. The van der Waals surface area contributed by atoms with E-state index in [1.165, 1.54) is 12.8 Å². The number of hydrogen-bond donors (Lipinski definition) is 0. The first-order chi connectivity index (χ1) is 5.83. The van der Waals surface area contributed by atoms with Crippen molar-refractivity contribution < 1.29 is 4.79 Å². The minimum atomic E-state index is 0.769. The van der Waals surface area contributed by atoms with Gasteiger partial charge in [-0.2, -0.15) is 0 Å². The minimum Gasteiger partial charge on any atom is -0.303 e. The van der Waals surface area contributed by atoms with Crippen LogP contribution >= 0.6 is 0 Å². The Morgan fingerprint density at radius 1 is 1.67 bits per heavy atom. The average molecular weight is 164 g/mol. The van der Waals surface area contributed by atoms with Crippen LogP contribution in [-0.2, 0) is 4.79 Å². The number of rotatable bonds is 3. The molecule has 0 aliphatic heterocycles. The van der Waals surface area contributed by atoms with Crippen molar-refractivity contribution in [2.45, 2.75) is 32.6 Å². The highest BCUT2D eigenvalue weighted by Crippen LogP contribution is 2.52. The third-order valence-corrected chi connectivity index (χ3v) is 3.62. The Balaban J connectivity index is 1.94. The van der Waals surface area contributed by atoms with Gasteiger partial charge in [0.25, 0.3) is 0 Å². The topological polar surface area (TPSA) is 17.1 Å². The molecule has 3 aliphatic rings. The summed E-state index contributed by atoms with van der Waals surface area (Å²) in [6.07, 6.45) is 8.01. The molecule has 0 radical (unpaired) electrons. The van der Waals surface area contributed by atoms with E-state index in [1.807, 2.05) is 0 Å². The summed E-state index contributed by atoms with van der Waals surface area (Å²) < 4.78 is 0. The molecule has 3 unspecified atom stereocenters. The molecule has 0 N–H and O–H groups in total. The van der Waals surface area contributed by atoms with E-state index in [0.717, 1.165) is 36.9 Å². The summed E-state index contributed by atoms with van der Waals surface area (Å²) in [6.45, 7) is 2.24. The van der Waals surface area contributed by atoms with Crippen molar-refractivity contribution in [3.63, 3.8) is 0 Å². The second-order valence-corrected chi connectivity index (χ2v) is 4.19. The first-order valence-electron chi connectivity index (χ1n) is 4.93. The lowest BCUT2D eigenvalue weighted by molar-refractivity contribution is -0.108. The van der Waals surface area contributed by atoms with Gasteiger partial charge in [-0.1, -0.05) is 11.6 Å². The Bertz CT molecular complexity index is 217. The van der Waals surface area contributed by atoms with E-state index >= 15 is 0 Å². The van der Waals surface area contributed by atoms with Crippen LogP contribution in [0.1, 0.15) is 32.6 Å². The van der Waals surface area contributed by atoms with Gasteiger partial charge >= 0.3 is 0 Å².